The normalized spacial score (nSPS) is 25.2. The van der Waals surface area contributed by atoms with Gasteiger partial charge in [0.15, 0.2) is 0 Å². The largest absolute Gasteiger partial charge is 0.371 e. The van der Waals surface area contributed by atoms with Gasteiger partial charge >= 0.3 is 0 Å². The van der Waals surface area contributed by atoms with Gasteiger partial charge in [-0.15, -0.1) is 0 Å². The van der Waals surface area contributed by atoms with E-state index >= 15 is 0 Å². The lowest BCUT2D eigenvalue weighted by Gasteiger charge is -2.25. The summed E-state index contributed by atoms with van der Waals surface area (Å²) in [6, 6.07) is 12.6. The average molecular weight is 439 g/mol. The molecule has 0 spiro atoms. The summed E-state index contributed by atoms with van der Waals surface area (Å²) in [4.78, 5) is 11.3. The first kappa shape index (κ1) is 22.8. The number of likely N-dealkylation sites (tertiary alicyclic amines) is 1. The molecule has 2 saturated heterocycles. The van der Waals surface area contributed by atoms with Gasteiger partial charge in [0.05, 0.1) is 19.2 Å². The van der Waals surface area contributed by atoms with Crippen LogP contribution in [0.4, 0.5) is 13.2 Å². The fourth-order valence-corrected chi connectivity index (χ4v) is 4.05. The highest BCUT2D eigenvalue weighted by molar-refractivity contribution is 7.78. The van der Waals surface area contributed by atoms with E-state index in [0.29, 0.717) is 6.42 Å². The highest BCUT2D eigenvalue weighted by Gasteiger charge is 2.52. The van der Waals surface area contributed by atoms with Gasteiger partial charge in [-0.05, 0) is 42.3 Å². The summed E-state index contributed by atoms with van der Waals surface area (Å²) in [5.41, 5.74) is 2.57. The van der Waals surface area contributed by atoms with Crippen LogP contribution in [0.3, 0.4) is 0 Å². The monoisotopic (exact) mass is 438 g/mol. The molecule has 0 aliphatic carbocycles. The maximum atomic E-state index is 14.0. The topological polar surface area (TPSA) is 41.6 Å². The molecule has 1 N–H and O–H groups in total. The predicted molar refractivity (Wildman–Crippen MR) is 113 cm³/mol. The molecule has 2 aromatic carbocycles. The van der Waals surface area contributed by atoms with Crippen molar-refractivity contribution in [2.75, 3.05) is 20.2 Å². The van der Waals surface area contributed by atoms with Crippen molar-refractivity contribution in [1.82, 2.24) is 9.62 Å². The Hall–Kier alpha value is -1.87. The van der Waals surface area contributed by atoms with Gasteiger partial charge in [-0.3, -0.25) is 9.62 Å². The minimum atomic E-state index is -2.82. The number of rotatable bonds is 5. The van der Waals surface area contributed by atoms with Crippen LogP contribution in [0.25, 0.3) is 11.1 Å². The highest BCUT2D eigenvalue weighted by Crippen LogP contribution is 2.34. The van der Waals surface area contributed by atoms with Crippen LogP contribution in [0, 0.1) is 5.82 Å². The zero-order chi connectivity index (χ0) is 21.7. The SMILES string of the molecule is CN1CC(F)(F)C(NS)C1Cc1cccc(-c2cccc(F)c2)c1.O=CC1CCO1. The number of likely N-dealkylation sites (N-methyl/N-ethyl adjacent to an activating group) is 1. The highest BCUT2D eigenvalue weighted by atomic mass is 32.1. The molecule has 2 aromatic rings. The lowest BCUT2D eigenvalue weighted by Crippen LogP contribution is -2.45. The molecule has 2 aliphatic rings. The first-order valence-corrected chi connectivity index (χ1v) is 10.2. The molecule has 8 heteroatoms. The number of thiol groups is 1. The van der Waals surface area contributed by atoms with E-state index in [-0.39, 0.29) is 24.5 Å². The van der Waals surface area contributed by atoms with E-state index in [4.69, 9.17) is 4.74 Å². The third kappa shape index (κ3) is 5.43. The molecule has 2 aliphatic heterocycles. The summed E-state index contributed by atoms with van der Waals surface area (Å²) in [6.45, 7) is 0.475. The van der Waals surface area contributed by atoms with E-state index in [9.17, 15) is 18.0 Å². The Morgan fingerprint density at radius 3 is 2.43 bits per heavy atom. The van der Waals surface area contributed by atoms with E-state index in [2.05, 4.69) is 17.5 Å². The van der Waals surface area contributed by atoms with Gasteiger partial charge in [0.2, 0.25) is 0 Å². The third-order valence-electron chi connectivity index (χ3n) is 5.42. The van der Waals surface area contributed by atoms with Crippen molar-refractivity contribution >= 4 is 19.1 Å². The van der Waals surface area contributed by atoms with Gasteiger partial charge in [-0.25, -0.2) is 13.2 Å². The molecule has 3 atom stereocenters. The maximum Gasteiger partial charge on any atom is 0.277 e. The molecule has 0 bridgehead atoms. The number of halogens is 3. The zero-order valence-corrected chi connectivity index (χ0v) is 17.5. The van der Waals surface area contributed by atoms with E-state index in [1.807, 2.05) is 30.3 Å². The lowest BCUT2D eigenvalue weighted by molar-refractivity contribution is -0.129. The number of hydrogen-bond acceptors (Lipinski definition) is 5. The first-order chi connectivity index (χ1) is 14.3. The average Bonchev–Trinajstić information content (AvgIpc) is 2.89. The van der Waals surface area contributed by atoms with Gasteiger partial charge in [0.25, 0.3) is 5.92 Å². The second kappa shape index (κ2) is 9.96. The summed E-state index contributed by atoms with van der Waals surface area (Å²) in [7, 11) is 1.69. The second-order valence-electron chi connectivity index (χ2n) is 7.60. The molecule has 0 aromatic heterocycles. The van der Waals surface area contributed by atoms with Crippen molar-refractivity contribution in [3.63, 3.8) is 0 Å². The van der Waals surface area contributed by atoms with Crippen molar-refractivity contribution < 1.29 is 22.7 Å². The van der Waals surface area contributed by atoms with Crippen molar-refractivity contribution in [2.45, 2.75) is 37.0 Å². The Labute approximate surface area is 180 Å². The molecule has 4 rings (SSSR count). The van der Waals surface area contributed by atoms with E-state index in [0.717, 1.165) is 36.0 Å². The number of ether oxygens (including phenoxy) is 1. The number of hydrogen-bond donors (Lipinski definition) is 2. The Morgan fingerprint density at radius 2 is 1.90 bits per heavy atom. The summed E-state index contributed by atoms with van der Waals surface area (Å²) >= 11 is 3.89. The number of carbonyl (C=O) groups is 1. The van der Waals surface area contributed by atoms with Gasteiger partial charge in [0.1, 0.15) is 18.2 Å². The summed E-state index contributed by atoms with van der Waals surface area (Å²) < 4.78 is 48.6. The Balaban J connectivity index is 0.000000367. The molecule has 4 nitrogen and oxygen atoms in total. The van der Waals surface area contributed by atoms with Crippen LogP contribution in [0.1, 0.15) is 12.0 Å². The first-order valence-electron chi connectivity index (χ1n) is 9.73. The number of nitrogens with one attached hydrogen (secondary N) is 1. The van der Waals surface area contributed by atoms with Crippen LogP contribution in [0.5, 0.6) is 0 Å². The van der Waals surface area contributed by atoms with E-state index in [1.165, 1.54) is 12.1 Å². The van der Waals surface area contributed by atoms with Crippen molar-refractivity contribution in [3.05, 3.63) is 59.9 Å². The van der Waals surface area contributed by atoms with Crippen LogP contribution in [-0.4, -0.2) is 55.5 Å². The molecular formula is C22H25F3N2O2S. The van der Waals surface area contributed by atoms with Crippen LogP contribution >= 0.6 is 12.8 Å². The van der Waals surface area contributed by atoms with E-state index < -0.39 is 12.0 Å². The van der Waals surface area contributed by atoms with Crippen molar-refractivity contribution in [1.29, 1.82) is 0 Å². The molecule has 162 valence electrons. The number of benzene rings is 2. The minimum absolute atomic E-state index is 0.0648. The van der Waals surface area contributed by atoms with Crippen LogP contribution in [-0.2, 0) is 16.0 Å². The molecule has 2 heterocycles. The van der Waals surface area contributed by atoms with Crippen molar-refractivity contribution in [2.24, 2.45) is 0 Å². The molecule has 0 amide bonds. The quantitative estimate of drug-likeness (QED) is 0.551. The van der Waals surface area contributed by atoms with E-state index in [1.54, 1.807) is 18.0 Å². The van der Waals surface area contributed by atoms with Gasteiger partial charge in [-0.2, -0.15) is 0 Å². The number of nitrogens with zero attached hydrogens (tertiary/aromatic N) is 1. The van der Waals surface area contributed by atoms with Gasteiger partial charge in [-0.1, -0.05) is 49.2 Å². The van der Waals surface area contributed by atoms with Crippen LogP contribution in [0.2, 0.25) is 0 Å². The Bertz CT molecular complexity index is 864. The summed E-state index contributed by atoms with van der Waals surface area (Å²) in [6.07, 6.45) is 2.16. The molecule has 0 radical (unpaired) electrons. The molecule has 2 fully saturated rings. The Morgan fingerprint density at radius 1 is 1.23 bits per heavy atom. The molecular weight excluding hydrogens is 413 g/mol. The molecule has 3 unspecified atom stereocenters. The van der Waals surface area contributed by atoms with Crippen LogP contribution in [0.15, 0.2) is 48.5 Å². The number of alkyl halides is 2. The number of aldehydes is 1. The smallest absolute Gasteiger partial charge is 0.277 e. The second-order valence-corrected chi connectivity index (χ2v) is 7.86. The maximum absolute atomic E-state index is 14.0. The lowest BCUT2D eigenvalue weighted by atomic mass is 9.96. The van der Waals surface area contributed by atoms with Crippen molar-refractivity contribution in [3.8, 4) is 11.1 Å². The number of carbonyl (C=O) groups excluding carboxylic acids is 1. The van der Waals surface area contributed by atoms with Gasteiger partial charge in [0, 0.05) is 12.5 Å². The minimum Gasteiger partial charge on any atom is -0.371 e. The molecule has 0 saturated carbocycles. The van der Waals surface area contributed by atoms with Crippen LogP contribution < -0.4 is 4.72 Å². The Kier molecular flexibility index (Phi) is 7.57. The third-order valence-corrected chi connectivity index (χ3v) is 5.70. The fraction of sp³-hybridized carbons (Fsp3) is 0.409. The fourth-order valence-electron chi connectivity index (χ4n) is 3.69. The molecule has 30 heavy (non-hydrogen) atoms. The van der Waals surface area contributed by atoms with Gasteiger partial charge < -0.3 is 9.53 Å². The predicted octanol–water partition coefficient (Wildman–Crippen LogP) is 3.76. The summed E-state index contributed by atoms with van der Waals surface area (Å²) in [5.74, 6) is -3.12. The zero-order valence-electron chi connectivity index (χ0n) is 16.6. The summed E-state index contributed by atoms with van der Waals surface area (Å²) in [5, 5.41) is 0. The standard InChI is InChI=1S/C18H19F3N2S.C4H6O2/c1-23-11-18(20,21)17(22-24)16(23)9-12-4-2-5-13(8-12)14-6-3-7-15(19)10-14;5-3-4-1-2-6-4/h2-8,10,16-17,22,24H,9,11H2,1H3;3-4H,1-2H2.